The fourth-order valence-electron chi connectivity index (χ4n) is 2.64. The van der Waals surface area contributed by atoms with Crippen LogP contribution in [0.2, 0.25) is 0 Å². The highest BCUT2D eigenvalue weighted by Crippen LogP contribution is 2.34. The van der Waals surface area contributed by atoms with Gasteiger partial charge in [-0.15, -0.1) is 22.7 Å². The number of thiazole rings is 2. The van der Waals surface area contributed by atoms with Crippen LogP contribution in [-0.2, 0) is 4.79 Å². The Hall–Kier alpha value is -2.75. The minimum Gasteiger partial charge on any atom is -0.322 e. The summed E-state index contributed by atoms with van der Waals surface area (Å²) in [5.41, 5.74) is 3.27. The van der Waals surface area contributed by atoms with Crippen LogP contribution < -0.4 is 10.6 Å². The fourth-order valence-corrected chi connectivity index (χ4v) is 5.42. The highest BCUT2D eigenvalue weighted by Gasteiger charge is 2.18. The molecule has 4 rings (SSSR count). The van der Waals surface area contributed by atoms with E-state index in [1.165, 1.54) is 34.4 Å². The van der Waals surface area contributed by atoms with E-state index in [0.29, 0.717) is 16.4 Å². The Balaban J connectivity index is 1.43. The summed E-state index contributed by atoms with van der Waals surface area (Å²) in [6.45, 7) is 3.82. The summed E-state index contributed by atoms with van der Waals surface area (Å²) >= 11 is 4.28. The van der Waals surface area contributed by atoms with E-state index in [1.54, 1.807) is 6.20 Å². The van der Waals surface area contributed by atoms with E-state index in [9.17, 15) is 9.59 Å². The number of aromatic nitrogens is 2. The van der Waals surface area contributed by atoms with Crippen molar-refractivity contribution in [3.05, 3.63) is 65.2 Å². The second-order valence-corrected chi connectivity index (χ2v) is 10.1. The van der Waals surface area contributed by atoms with Gasteiger partial charge in [0.25, 0.3) is 5.91 Å². The van der Waals surface area contributed by atoms with Crippen molar-refractivity contribution >= 4 is 67.3 Å². The van der Waals surface area contributed by atoms with E-state index in [1.807, 2.05) is 61.7 Å². The molecule has 4 aromatic rings. The molecule has 30 heavy (non-hydrogen) atoms. The molecule has 1 atom stereocenters. The second-order valence-electron chi connectivity index (χ2n) is 6.57. The molecule has 0 aliphatic heterocycles. The quantitative estimate of drug-likeness (QED) is 0.379. The van der Waals surface area contributed by atoms with Gasteiger partial charge in [-0.2, -0.15) is 0 Å². The summed E-state index contributed by atoms with van der Waals surface area (Å²) in [4.78, 5) is 33.4. The number of nitrogens with zero attached hydrogens (tertiary/aromatic N) is 2. The number of carbonyl (C=O) groups excluding carboxylic acids is 2. The molecule has 0 radical (unpaired) electrons. The molecule has 2 N–H and O–H groups in total. The Labute approximate surface area is 185 Å². The number of amides is 2. The molecule has 0 aliphatic carbocycles. The fraction of sp³-hybridized carbons (Fsp3) is 0.143. The zero-order valence-corrected chi connectivity index (χ0v) is 18.7. The van der Waals surface area contributed by atoms with Crippen LogP contribution in [0.5, 0.6) is 0 Å². The number of benzene rings is 2. The number of rotatable bonds is 6. The highest BCUT2D eigenvalue weighted by molar-refractivity contribution is 8.02. The van der Waals surface area contributed by atoms with E-state index < -0.39 is 0 Å². The van der Waals surface area contributed by atoms with Gasteiger partial charge >= 0.3 is 0 Å². The Morgan fingerprint density at radius 3 is 2.63 bits per heavy atom. The summed E-state index contributed by atoms with van der Waals surface area (Å²) in [6.07, 6.45) is 1.65. The molecule has 0 spiro atoms. The van der Waals surface area contributed by atoms with E-state index in [2.05, 4.69) is 20.6 Å². The van der Waals surface area contributed by atoms with Gasteiger partial charge in [0.05, 0.1) is 15.5 Å². The third kappa shape index (κ3) is 4.86. The smallest absolute Gasteiger partial charge is 0.255 e. The van der Waals surface area contributed by atoms with Crippen LogP contribution in [0, 0.1) is 6.92 Å². The molecular formula is C21H18N4O2S3. The highest BCUT2D eigenvalue weighted by atomic mass is 32.2. The summed E-state index contributed by atoms with van der Waals surface area (Å²) in [5.74, 6) is -0.263. The molecule has 0 fully saturated rings. The van der Waals surface area contributed by atoms with Crippen molar-refractivity contribution in [3.8, 4) is 0 Å². The normalized spacial score (nSPS) is 11.9. The lowest BCUT2D eigenvalue weighted by atomic mass is 10.1. The van der Waals surface area contributed by atoms with Crippen LogP contribution >= 0.6 is 34.4 Å². The number of hydrogen-bond acceptors (Lipinski definition) is 7. The average Bonchev–Trinajstić information content (AvgIpc) is 3.37. The Bertz CT molecular complexity index is 1190. The maximum atomic E-state index is 12.4. The van der Waals surface area contributed by atoms with Crippen LogP contribution in [0.15, 0.2) is 58.4 Å². The van der Waals surface area contributed by atoms with Gasteiger partial charge in [0.1, 0.15) is 0 Å². The number of anilines is 2. The average molecular weight is 455 g/mol. The van der Waals surface area contributed by atoms with Crippen molar-refractivity contribution in [1.29, 1.82) is 0 Å². The van der Waals surface area contributed by atoms with Crippen LogP contribution in [0.3, 0.4) is 0 Å². The summed E-state index contributed by atoms with van der Waals surface area (Å²) in [5, 5.41) is 7.82. The van der Waals surface area contributed by atoms with Gasteiger partial charge < -0.3 is 10.6 Å². The molecule has 0 saturated heterocycles. The first-order chi connectivity index (χ1) is 14.5. The standard InChI is InChI=1S/C21H18N4O2S3/c1-12-3-5-14(6-4-12)19(27)23-15-7-8-16-17(11-15)30-21(24-16)29-13(2)18(26)25-20-22-9-10-28-20/h3-11,13H,1-2H3,(H,23,27)(H,22,25,26). The van der Waals surface area contributed by atoms with Gasteiger partial charge in [-0.25, -0.2) is 9.97 Å². The van der Waals surface area contributed by atoms with E-state index in [-0.39, 0.29) is 17.1 Å². The monoisotopic (exact) mass is 454 g/mol. The number of carbonyl (C=O) groups is 2. The van der Waals surface area contributed by atoms with Crippen LogP contribution in [0.4, 0.5) is 10.8 Å². The number of thioether (sulfide) groups is 1. The predicted molar refractivity (Wildman–Crippen MR) is 125 cm³/mol. The van der Waals surface area contributed by atoms with Crippen molar-refractivity contribution in [3.63, 3.8) is 0 Å². The molecule has 0 bridgehead atoms. The van der Waals surface area contributed by atoms with Gasteiger partial charge in [0.15, 0.2) is 9.47 Å². The molecular weight excluding hydrogens is 436 g/mol. The number of hydrogen-bond donors (Lipinski definition) is 2. The lowest BCUT2D eigenvalue weighted by Gasteiger charge is -2.07. The van der Waals surface area contributed by atoms with Crippen LogP contribution in [-0.4, -0.2) is 27.0 Å². The molecule has 9 heteroatoms. The summed E-state index contributed by atoms with van der Waals surface area (Å²) in [6, 6.07) is 13.1. The lowest BCUT2D eigenvalue weighted by molar-refractivity contribution is -0.115. The zero-order valence-electron chi connectivity index (χ0n) is 16.2. The van der Waals surface area contributed by atoms with E-state index in [4.69, 9.17) is 0 Å². The number of fused-ring (bicyclic) bond motifs is 1. The third-order valence-corrected chi connectivity index (χ3v) is 7.15. The molecule has 2 heterocycles. The first-order valence-corrected chi connectivity index (χ1v) is 11.7. The van der Waals surface area contributed by atoms with Gasteiger partial charge in [-0.3, -0.25) is 9.59 Å². The van der Waals surface area contributed by atoms with E-state index in [0.717, 1.165) is 20.1 Å². The minimum absolute atomic E-state index is 0.111. The number of aryl methyl sites for hydroxylation is 1. The lowest BCUT2D eigenvalue weighted by Crippen LogP contribution is -2.22. The molecule has 1 unspecified atom stereocenters. The Morgan fingerprint density at radius 1 is 1.10 bits per heavy atom. The molecule has 0 aliphatic rings. The molecule has 6 nitrogen and oxygen atoms in total. The number of nitrogens with one attached hydrogen (secondary N) is 2. The predicted octanol–water partition coefficient (Wildman–Crippen LogP) is 5.43. The Kier molecular flexibility index (Phi) is 6.12. The first-order valence-electron chi connectivity index (χ1n) is 9.13. The van der Waals surface area contributed by atoms with Crippen molar-refractivity contribution in [2.24, 2.45) is 0 Å². The third-order valence-electron chi connectivity index (χ3n) is 4.25. The van der Waals surface area contributed by atoms with Gasteiger partial charge in [-0.1, -0.05) is 29.5 Å². The molecule has 152 valence electrons. The van der Waals surface area contributed by atoms with Gasteiger partial charge in [0, 0.05) is 22.8 Å². The summed E-state index contributed by atoms with van der Waals surface area (Å²) < 4.78 is 1.75. The molecule has 0 saturated carbocycles. The van der Waals surface area contributed by atoms with Gasteiger partial charge in [-0.05, 0) is 44.2 Å². The van der Waals surface area contributed by atoms with Crippen molar-refractivity contribution in [2.75, 3.05) is 10.6 Å². The van der Waals surface area contributed by atoms with Gasteiger partial charge in [0.2, 0.25) is 5.91 Å². The largest absolute Gasteiger partial charge is 0.322 e. The maximum absolute atomic E-state index is 12.4. The first kappa shape index (κ1) is 20.5. The van der Waals surface area contributed by atoms with Crippen molar-refractivity contribution in [2.45, 2.75) is 23.4 Å². The van der Waals surface area contributed by atoms with Crippen LogP contribution in [0.1, 0.15) is 22.8 Å². The van der Waals surface area contributed by atoms with Crippen LogP contribution in [0.25, 0.3) is 10.2 Å². The Morgan fingerprint density at radius 2 is 1.90 bits per heavy atom. The second kappa shape index (κ2) is 8.95. The topological polar surface area (TPSA) is 84.0 Å². The molecule has 2 amide bonds. The molecule has 2 aromatic carbocycles. The van der Waals surface area contributed by atoms with Crippen molar-refractivity contribution in [1.82, 2.24) is 9.97 Å². The summed E-state index contributed by atoms with van der Waals surface area (Å²) in [7, 11) is 0. The van der Waals surface area contributed by atoms with Crippen molar-refractivity contribution < 1.29 is 9.59 Å². The SMILES string of the molecule is Cc1ccc(C(=O)Nc2ccc3nc(SC(C)C(=O)Nc4nccs4)sc3c2)cc1. The zero-order chi connectivity index (χ0) is 21.1. The van der Waals surface area contributed by atoms with E-state index >= 15 is 0 Å². The maximum Gasteiger partial charge on any atom is 0.255 e. The minimum atomic E-state index is -0.310. The molecule has 2 aromatic heterocycles.